The molecule has 1 aromatic carbocycles. The molecule has 1 saturated carbocycles. The molecule has 2 aliphatic rings. The first-order chi connectivity index (χ1) is 11.6. The van der Waals surface area contributed by atoms with Gasteiger partial charge in [-0.25, -0.2) is 4.39 Å². The molecule has 1 N–H and O–H groups in total. The van der Waals surface area contributed by atoms with E-state index in [9.17, 15) is 14.0 Å². The van der Waals surface area contributed by atoms with Crippen LogP contribution in [0.2, 0.25) is 0 Å². The van der Waals surface area contributed by atoms with Crippen molar-refractivity contribution in [2.24, 2.45) is 11.8 Å². The fourth-order valence-electron chi connectivity index (χ4n) is 3.77. The number of para-hydroxylation sites is 1. The lowest BCUT2D eigenvalue weighted by atomic mass is 9.80. The minimum absolute atomic E-state index is 0.0561. The number of nitrogens with zero attached hydrogens (tertiary/aromatic N) is 1. The number of hydrogen-bond acceptors (Lipinski definition) is 2. The number of carbonyl (C=O) groups excluding carboxylic acids is 2. The van der Waals surface area contributed by atoms with Gasteiger partial charge in [0.25, 0.3) is 0 Å². The summed E-state index contributed by atoms with van der Waals surface area (Å²) in [7, 11) is 0. The number of halogens is 1. The molecule has 1 aliphatic heterocycles. The third-order valence-electron chi connectivity index (χ3n) is 5.25. The van der Waals surface area contributed by atoms with E-state index in [1.807, 2.05) is 4.90 Å². The molecule has 0 bridgehead atoms. The van der Waals surface area contributed by atoms with Gasteiger partial charge in [-0.3, -0.25) is 9.59 Å². The molecule has 0 radical (unpaired) electrons. The van der Waals surface area contributed by atoms with Crippen LogP contribution in [0.1, 0.15) is 44.9 Å². The first-order valence-corrected chi connectivity index (χ1v) is 8.99. The first-order valence-electron chi connectivity index (χ1n) is 8.99. The molecule has 130 valence electrons. The molecule has 1 aromatic rings. The maximum Gasteiger partial charge on any atom is 0.227 e. The highest BCUT2D eigenvalue weighted by atomic mass is 19.1. The Morgan fingerprint density at radius 2 is 1.58 bits per heavy atom. The number of likely N-dealkylation sites (tertiary alicyclic amines) is 1. The van der Waals surface area contributed by atoms with Crippen LogP contribution in [0.15, 0.2) is 24.3 Å². The largest absolute Gasteiger partial charge is 0.342 e. The lowest BCUT2D eigenvalue weighted by Crippen LogP contribution is -2.41. The van der Waals surface area contributed by atoms with Gasteiger partial charge in [0.15, 0.2) is 0 Å². The molecular formula is C19H25FN2O2. The van der Waals surface area contributed by atoms with Gasteiger partial charge >= 0.3 is 0 Å². The fraction of sp³-hybridized carbons (Fsp3) is 0.579. The average molecular weight is 332 g/mol. The molecule has 0 atom stereocenters. The summed E-state index contributed by atoms with van der Waals surface area (Å²) in [6, 6.07) is 6.21. The van der Waals surface area contributed by atoms with Crippen LogP contribution in [-0.4, -0.2) is 29.8 Å². The van der Waals surface area contributed by atoms with Gasteiger partial charge in [0.2, 0.25) is 11.8 Å². The van der Waals surface area contributed by atoms with E-state index in [4.69, 9.17) is 0 Å². The van der Waals surface area contributed by atoms with Crippen molar-refractivity contribution in [1.29, 1.82) is 0 Å². The van der Waals surface area contributed by atoms with Crippen LogP contribution in [0.3, 0.4) is 0 Å². The second-order valence-corrected chi connectivity index (χ2v) is 6.90. The van der Waals surface area contributed by atoms with E-state index >= 15 is 0 Å². The Hall–Kier alpha value is -1.91. The Balaban J connectivity index is 1.50. The van der Waals surface area contributed by atoms with Crippen LogP contribution in [-0.2, 0) is 9.59 Å². The molecule has 4 nitrogen and oxygen atoms in total. The van der Waals surface area contributed by atoms with Crippen molar-refractivity contribution in [3.63, 3.8) is 0 Å². The zero-order valence-electron chi connectivity index (χ0n) is 14.0. The van der Waals surface area contributed by atoms with E-state index in [-0.39, 0.29) is 29.3 Å². The van der Waals surface area contributed by atoms with Gasteiger partial charge in [0, 0.05) is 24.9 Å². The molecule has 1 heterocycles. The van der Waals surface area contributed by atoms with Crippen LogP contribution in [0.25, 0.3) is 0 Å². The predicted octanol–water partition coefficient (Wildman–Crippen LogP) is 3.58. The minimum atomic E-state index is -0.417. The van der Waals surface area contributed by atoms with Crippen molar-refractivity contribution in [2.45, 2.75) is 44.9 Å². The number of benzene rings is 1. The molecule has 2 amide bonds. The molecular weight excluding hydrogens is 307 g/mol. The normalized spacial score (nSPS) is 24.5. The van der Waals surface area contributed by atoms with E-state index in [0.717, 1.165) is 38.8 Å². The number of amides is 2. The summed E-state index contributed by atoms with van der Waals surface area (Å²) in [5.41, 5.74) is 0.231. The Morgan fingerprint density at radius 3 is 2.25 bits per heavy atom. The van der Waals surface area contributed by atoms with Gasteiger partial charge < -0.3 is 10.2 Å². The molecule has 0 unspecified atom stereocenters. The predicted molar refractivity (Wildman–Crippen MR) is 90.9 cm³/mol. The summed E-state index contributed by atoms with van der Waals surface area (Å²) in [5.74, 6) is -0.359. The molecule has 1 saturated heterocycles. The highest BCUT2D eigenvalue weighted by Gasteiger charge is 2.32. The number of carbonyl (C=O) groups is 2. The van der Waals surface area contributed by atoms with Gasteiger partial charge in [0.1, 0.15) is 5.82 Å². The van der Waals surface area contributed by atoms with Crippen LogP contribution >= 0.6 is 0 Å². The quantitative estimate of drug-likeness (QED) is 0.920. The minimum Gasteiger partial charge on any atom is -0.342 e. The summed E-state index contributed by atoms with van der Waals surface area (Å²) in [6.07, 6.45) is 6.33. The molecule has 24 heavy (non-hydrogen) atoms. The van der Waals surface area contributed by atoms with Gasteiger partial charge in [-0.05, 0) is 57.1 Å². The zero-order chi connectivity index (χ0) is 16.9. The van der Waals surface area contributed by atoms with Crippen LogP contribution in [0, 0.1) is 17.7 Å². The summed E-state index contributed by atoms with van der Waals surface area (Å²) >= 11 is 0. The van der Waals surface area contributed by atoms with Crippen molar-refractivity contribution in [1.82, 2.24) is 4.90 Å². The highest BCUT2D eigenvalue weighted by Crippen LogP contribution is 2.31. The monoisotopic (exact) mass is 332 g/mol. The second-order valence-electron chi connectivity index (χ2n) is 6.90. The van der Waals surface area contributed by atoms with Crippen molar-refractivity contribution in [3.05, 3.63) is 30.1 Å². The average Bonchev–Trinajstić information content (AvgIpc) is 2.64. The number of anilines is 1. The summed E-state index contributed by atoms with van der Waals surface area (Å²) < 4.78 is 13.6. The Morgan fingerprint density at radius 1 is 0.958 bits per heavy atom. The lowest BCUT2D eigenvalue weighted by molar-refractivity contribution is -0.138. The number of hydrogen-bond donors (Lipinski definition) is 1. The third kappa shape index (κ3) is 3.94. The topological polar surface area (TPSA) is 49.4 Å². The molecule has 0 spiro atoms. The van der Waals surface area contributed by atoms with Crippen LogP contribution in [0.4, 0.5) is 10.1 Å². The number of piperidine rings is 1. The smallest absolute Gasteiger partial charge is 0.227 e. The molecule has 3 rings (SSSR count). The van der Waals surface area contributed by atoms with Crippen molar-refractivity contribution >= 4 is 17.5 Å². The first kappa shape index (κ1) is 16.9. The lowest BCUT2D eigenvalue weighted by Gasteiger charge is -2.33. The van der Waals surface area contributed by atoms with Crippen molar-refractivity contribution in [3.8, 4) is 0 Å². The van der Waals surface area contributed by atoms with E-state index in [0.29, 0.717) is 12.8 Å². The maximum atomic E-state index is 13.6. The summed E-state index contributed by atoms with van der Waals surface area (Å²) in [6.45, 7) is 1.76. The summed E-state index contributed by atoms with van der Waals surface area (Å²) in [5, 5.41) is 2.68. The standard InChI is InChI=1S/C19H25FN2O2/c20-16-6-2-3-7-17(16)21-18(23)14-8-10-15(11-9-14)19(24)22-12-4-1-5-13-22/h2-3,6-7,14-15H,1,4-5,8-13H2,(H,21,23). The zero-order valence-corrected chi connectivity index (χ0v) is 14.0. The second kappa shape index (κ2) is 7.77. The van der Waals surface area contributed by atoms with Crippen LogP contribution < -0.4 is 5.32 Å². The van der Waals surface area contributed by atoms with E-state index in [1.54, 1.807) is 18.2 Å². The van der Waals surface area contributed by atoms with Gasteiger partial charge in [-0.15, -0.1) is 0 Å². The molecule has 5 heteroatoms. The van der Waals surface area contributed by atoms with Gasteiger partial charge in [-0.2, -0.15) is 0 Å². The SMILES string of the molecule is O=C(Nc1ccccc1F)C1CCC(C(=O)N2CCCCC2)CC1. The third-order valence-corrected chi connectivity index (χ3v) is 5.25. The number of rotatable bonds is 3. The molecule has 0 aromatic heterocycles. The maximum absolute atomic E-state index is 13.6. The van der Waals surface area contributed by atoms with Gasteiger partial charge in [0.05, 0.1) is 5.69 Å². The Kier molecular flexibility index (Phi) is 5.48. The highest BCUT2D eigenvalue weighted by molar-refractivity contribution is 5.92. The van der Waals surface area contributed by atoms with E-state index in [1.165, 1.54) is 12.5 Å². The molecule has 1 aliphatic carbocycles. The van der Waals surface area contributed by atoms with Crippen molar-refractivity contribution in [2.75, 3.05) is 18.4 Å². The summed E-state index contributed by atoms with van der Waals surface area (Å²) in [4.78, 5) is 26.9. The fourth-order valence-corrected chi connectivity index (χ4v) is 3.77. The van der Waals surface area contributed by atoms with Crippen LogP contribution in [0.5, 0.6) is 0 Å². The molecule has 2 fully saturated rings. The Labute approximate surface area is 142 Å². The van der Waals surface area contributed by atoms with E-state index < -0.39 is 5.82 Å². The van der Waals surface area contributed by atoms with Gasteiger partial charge in [-0.1, -0.05) is 12.1 Å². The van der Waals surface area contributed by atoms with Crippen molar-refractivity contribution < 1.29 is 14.0 Å². The van der Waals surface area contributed by atoms with E-state index in [2.05, 4.69) is 5.32 Å². The Bertz CT molecular complexity index is 591. The number of nitrogens with one attached hydrogen (secondary N) is 1.